The van der Waals surface area contributed by atoms with E-state index in [2.05, 4.69) is 0 Å². The minimum Gasteiger partial charge on any atom is -0.366 e. The molecule has 0 spiro atoms. The van der Waals surface area contributed by atoms with Gasteiger partial charge in [-0.1, -0.05) is 0 Å². The normalized spacial score (nSPS) is 13.2. The van der Waals surface area contributed by atoms with Gasteiger partial charge in [-0.15, -0.1) is 11.3 Å². The molecule has 0 atom stereocenters. The van der Waals surface area contributed by atoms with Gasteiger partial charge in [0.05, 0.1) is 10.5 Å². The van der Waals surface area contributed by atoms with E-state index in [0.717, 1.165) is 29.6 Å². The average Bonchev–Trinajstić information content (AvgIpc) is 3.04. The van der Waals surface area contributed by atoms with Crippen molar-refractivity contribution in [3.05, 3.63) is 41.7 Å². The zero-order chi connectivity index (χ0) is 24.0. The monoisotopic (exact) mass is 494 g/mol. The number of benzene rings is 1. The van der Waals surface area contributed by atoms with Crippen LogP contribution in [0.3, 0.4) is 0 Å². The number of carbonyl (C=O) groups is 2. The molecule has 2 rings (SSSR count). The topological polar surface area (TPSA) is 127 Å². The summed E-state index contributed by atoms with van der Waals surface area (Å²) in [5.41, 5.74) is -1.85. The molecule has 2 amide bonds. The Hall–Kier alpha value is -2.72. The Labute approximate surface area is 172 Å². The number of amides is 2. The van der Waals surface area contributed by atoms with Crippen molar-refractivity contribution in [3.8, 4) is 0 Å². The Morgan fingerprint density at radius 1 is 1.00 bits per heavy atom. The lowest BCUT2D eigenvalue weighted by molar-refractivity contribution is -0.348. The number of hydrogen-bond donors (Lipinski definition) is 3. The Balaban J connectivity index is 2.56. The van der Waals surface area contributed by atoms with Crippen molar-refractivity contribution in [1.29, 1.82) is 0 Å². The first-order chi connectivity index (χ1) is 13.9. The van der Waals surface area contributed by atoms with Crippen LogP contribution in [0.2, 0.25) is 0 Å². The van der Waals surface area contributed by atoms with Gasteiger partial charge in [0.25, 0.3) is 11.8 Å². The molecular formula is C15H9F7N2O5S2. The number of alkyl halides is 6. The molecular weight excluding hydrogens is 485 g/mol. The molecule has 0 saturated heterocycles. The number of nitrogens with two attached hydrogens (primary N) is 1. The van der Waals surface area contributed by atoms with E-state index in [1.807, 2.05) is 0 Å². The summed E-state index contributed by atoms with van der Waals surface area (Å²) < 4.78 is 114. The number of rotatable bonds is 5. The summed E-state index contributed by atoms with van der Waals surface area (Å²) in [5.74, 6) is -5.35. The van der Waals surface area contributed by atoms with Crippen molar-refractivity contribution in [2.75, 3.05) is 5.32 Å². The minimum absolute atomic E-state index is 0.101. The third-order valence-corrected chi connectivity index (χ3v) is 7.03. The van der Waals surface area contributed by atoms with Gasteiger partial charge in [-0.2, -0.15) is 26.3 Å². The van der Waals surface area contributed by atoms with Gasteiger partial charge in [0.15, 0.2) is 0 Å². The average molecular weight is 494 g/mol. The van der Waals surface area contributed by atoms with Gasteiger partial charge in [-0.05, 0) is 30.3 Å². The first kappa shape index (κ1) is 24.5. The van der Waals surface area contributed by atoms with Crippen molar-refractivity contribution < 1.29 is 53.8 Å². The standard InChI is InChI=1S/C15H9F7N2O5S2/c16-6-1-3-7(4-2-6)31(28,29)9-5-8(10(23)25)11(30-9)24-12(26)13(27,14(17,18)19)15(20,21)22/h1-5,27H,(H2,23,25)(H,24,26). The molecule has 31 heavy (non-hydrogen) atoms. The number of anilines is 1. The molecule has 16 heteroatoms. The van der Waals surface area contributed by atoms with Crippen LogP contribution in [0.15, 0.2) is 39.4 Å². The van der Waals surface area contributed by atoms with Crippen LogP contribution in [0.4, 0.5) is 35.7 Å². The summed E-state index contributed by atoms with van der Waals surface area (Å²) in [7, 11) is -4.53. The van der Waals surface area contributed by atoms with E-state index >= 15 is 0 Å². The fraction of sp³-hybridized carbons (Fsp3) is 0.200. The van der Waals surface area contributed by atoms with E-state index in [9.17, 15) is 48.7 Å². The zero-order valence-electron chi connectivity index (χ0n) is 14.5. The Bertz CT molecular complexity index is 1110. The SMILES string of the molecule is NC(=O)c1cc(S(=O)(=O)c2ccc(F)cc2)sc1NC(=O)C(O)(C(F)(F)F)C(F)(F)F. The largest absolute Gasteiger partial charge is 0.435 e. The number of carbonyl (C=O) groups excluding carboxylic acids is 2. The summed E-state index contributed by atoms with van der Waals surface area (Å²) >= 11 is -0.101. The lowest BCUT2D eigenvalue weighted by Gasteiger charge is -2.30. The maximum Gasteiger partial charge on any atom is 0.435 e. The molecule has 7 nitrogen and oxygen atoms in total. The number of hydrogen-bond acceptors (Lipinski definition) is 6. The summed E-state index contributed by atoms with van der Waals surface area (Å²) in [4.78, 5) is 22.7. The quantitative estimate of drug-likeness (QED) is 0.435. The molecule has 0 bridgehead atoms. The molecule has 4 N–H and O–H groups in total. The van der Waals surface area contributed by atoms with Crippen molar-refractivity contribution in [2.45, 2.75) is 27.1 Å². The van der Waals surface area contributed by atoms with Crippen LogP contribution in [0.1, 0.15) is 10.4 Å². The second-order valence-corrected chi connectivity index (χ2v) is 9.02. The molecule has 0 fully saturated rings. The highest BCUT2D eigenvalue weighted by Crippen LogP contribution is 2.44. The summed E-state index contributed by atoms with van der Waals surface area (Å²) in [6.07, 6.45) is -13.0. The third kappa shape index (κ3) is 4.35. The number of nitrogens with one attached hydrogen (secondary N) is 1. The molecule has 0 radical (unpaired) electrons. The smallest absolute Gasteiger partial charge is 0.366 e. The first-order valence-electron chi connectivity index (χ1n) is 7.54. The lowest BCUT2D eigenvalue weighted by atomic mass is 10.0. The number of sulfone groups is 1. The second kappa shape index (κ2) is 7.76. The summed E-state index contributed by atoms with van der Waals surface area (Å²) in [5, 5.41) is 9.06. The highest BCUT2D eigenvalue weighted by atomic mass is 32.2. The number of primary amides is 1. The molecule has 1 aromatic carbocycles. The molecule has 0 saturated carbocycles. The molecule has 2 aromatic rings. The predicted molar refractivity (Wildman–Crippen MR) is 90.4 cm³/mol. The van der Waals surface area contributed by atoms with Crippen LogP contribution in [-0.2, 0) is 14.6 Å². The van der Waals surface area contributed by atoms with Gasteiger partial charge in [0.1, 0.15) is 15.0 Å². The van der Waals surface area contributed by atoms with E-state index in [0.29, 0.717) is 6.07 Å². The van der Waals surface area contributed by atoms with Gasteiger partial charge in [-0.3, -0.25) is 9.59 Å². The molecule has 1 heterocycles. The minimum atomic E-state index is -6.51. The van der Waals surface area contributed by atoms with Gasteiger partial charge in [0.2, 0.25) is 9.84 Å². The third-order valence-electron chi connectivity index (χ3n) is 3.74. The number of aliphatic hydroxyl groups is 1. The zero-order valence-corrected chi connectivity index (χ0v) is 16.1. The number of thiophene rings is 1. The molecule has 0 aliphatic rings. The van der Waals surface area contributed by atoms with E-state index in [1.54, 1.807) is 0 Å². The Kier molecular flexibility index (Phi) is 6.14. The predicted octanol–water partition coefficient (Wildman–Crippen LogP) is 2.61. The maximum absolute atomic E-state index is 13.0. The fourth-order valence-corrected chi connectivity index (χ4v) is 4.89. The first-order valence-corrected chi connectivity index (χ1v) is 9.84. The Morgan fingerprint density at radius 3 is 1.90 bits per heavy atom. The lowest BCUT2D eigenvalue weighted by Crippen LogP contribution is -2.64. The van der Waals surface area contributed by atoms with Crippen molar-refractivity contribution in [1.82, 2.24) is 0 Å². The van der Waals surface area contributed by atoms with Crippen molar-refractivity contribution in [3.63, 3.8) is 0 Å². The van der Waals surface area contributed by atoms with Crippen LogP contribution in [0.25, 0.3) is 0 Å². The number of halogens is 7. The van der Waals surface area contributed by atoms with E-state index in [4.69, 9.17) is 10.8 Å². The molecule has 1 aromatic heterocycles. The van der Waals surface area contributed by atoms with Gasteiger partial charge < -0.3 is 16.2 Å². The molecule has 0 aliphatic carbocycles. The van der Waals surface area contributed by atoms with Crippen LogP contribution in [-0.4, -0.2) is 43.3 Å². The Morgan fingerprint density at radius 2 is 1.48 bits per heavy atom. The molecule has 170 valence electrons. The highest BCUT2D eigenvalue weighted by Gasteiger charge is 2.75. The van der Waals surface area contributed by atoms with Crippen LogP contribution in [0, 0.1) is 5.82 Å². The van der Waals surface area contributed by atoms with Crippen molar-refractivity contribution in [2.24, 2.45) is 5.73 Å². The van der Waals surface area contributed by atoms with Gasteiger partial charge in [-0.25, -0.2) is 12.8 Å². The van der Waals surface area contributed by atoms with E-state index in [-0.39, 0.29) is 11.3 Å². The van der Waals surface area contributed by atoms with Crippen LogP contribution < -0.4 is 11.1 Å². The fourth-order valence-electron chi connectivity index (χ4n) is 2.12. The van der Waals surface area contributed by atoms with E-state index < -0.39 is 65.1 Å². The maximum atomic E-state index is 13.0. The van der Waals surface area contributed by atoms with Gasteiger partial charge >= 0.3 is 18.0 Å². The van der Waals surface area contributed by atoms with Gasteiger partial charge in [0, 0.05) is 0 Å². The van der Waals surface area contributed by atoms with Crippen molar-refractivity contribution >= 4 is 38.0 Å². The molecule has 0 aliphatic heterocycles. The highest BCUT2D eigenvalue weighted by molar-refractivity contribution is 7.93. The summed E-state index contributed by atoms with van der Waals surface area (Å²) in [6, 6.07) is 3.62. The van der Waals surface area contributed by atoms with Crippen LogP contribution in [0.5, 0.6) is 0 Å². The van der Waals surface area contributed by atoms with Crippen LogP contribution >= 0.6 is 11.3 Å². The second-order valence-electron chi connectivity index (χ2n) is 5.79. The van der Waals surface area contributed by atoms with E-state index in [1.165, 1.54) is 0 Å². The molecule has 0 unspecified atom stereocenters. The summed E-state index contributed by atoms with van der Waals surface area (Å²) in [6.45, 7) is 0.